The van der Waals surface area contributed by atoms with Crippen molar-refractivity contribution in [3.05, 3.63) is 28.8 Å². The third-order valence-corrected chi connectivity index (χ3v) is 4.12. The van der Waals surface area contributed by atoms with Crippen LogP contribution in [0.4, 0.5) is 0 Å². The van der Waals surface area contributed by atoms with Crippen LogP contribution in [0.3, 0.4) is 0 Å². The maximum Gasteiger partial charge on any atom is 0.134 e. The van der Waals surface area contributed by atoms with Gasteiger partial charge in [0.1, 0.15) is 5.75 Å². The van der Waals surface area contributed by atoms with Crippen LogP contribution in [-0.4, -0.2) is 11.7 Å². The maximum absolute atomic E-state index is 9.35. The van der Waals surface area contributed by atoms with E-state index in [1.54, 1.807) is 6.07 Å². The molecule has 1 saturated carbocycles. The van der Waals surface area contributed by atoms with E-state index in [1.807, 2.05) is 12.1 Å². The zero-order valence-corrected chi connectivity index (χ0v) is 11.7. The van der Waals surface area contributed by atoms with Gasteiger partial charge in [-0.05, 0) is 48.9 Å². The molecule has 0 spiro atoms. The van der Waals surface area contributed by atoms with Crippen LogP contribution in [-0.2, 0) is 6.54 Å². The summed E-state index contributed by atoms with van der Waals surface area (Å²) in [4.78, 5) is 0. The van der Waals surface area contributed by atoms with Gasteiger partial charge in [0.25, 0.3) is 0 Å². The Bertz CT molecular complexity index is 394. The van der Waals surface area contributed by atoms with Crippen molar-refractivity contribution < 1.29 is 5.11 Å². The average molecular weight is 268 g/mol. The monoisotopic (exact) mass is 267 g/mol. The molecular weight excluding hydrogens is 246 g/mol. The Morgan fingerprint density at radius 2 is 2.22 bits per heavy atom. The van der Waals surface area contributed by atoms with Crippen molar-refractivity contribution in [2.24, 2.45) is 11.8 Å². The summed E-state index contributed by atoms with van der Waals surface area (Å²) in [5.74, 6) is 1.86. The molecule has 2 N–H and O–H groups in total. The molecule has 0 saturated heterocycles. The van der Waals surface area contributed by atoms with Crippen molar-refractivity contribution in [1.82, 2.24) is 5.32 Å². The van der Waals surface area contributed by atoms with Crippen molar-refractivity contribution in [2.75, 3.05) is 6.54 Å². The summed E-state index contributed by atoms with van der Waals surface area (Å²) in [5.41, 5.74) is 1.13. The van der Waals surface area contributed by atoms with E-state index in [0.717, 1.165) is 30.5 Å². The number of halogens is 1. The molecule has 0 aliphatic heterocycles. The van der Waals surface area contributed by atoms with Crippen molar-refractivity contribution in [1.29, 1.82) is 0 Å². The van der Waals surface area contributed by atoms with E-state index < -0.39 is 0 Å². The molecule has 3 heteroatoms. The first kappa shape index (κ1) is 13.7. The zero-order valence-electron chi connectivity index (χ0n) is 11.0. The predicted molar refractivity (Wildman–Crippen MR) is 75.9 cm³/mol. The Balaban J connectivity index is 1.76. The van der Waals surface area contributed by atoms with E-state index in [0.29, 0.717) is 5.02 Å². The fourth-order valence-corrected chi connectivity index (χ4v) is 3.03. The number of hydrogen-bond donors (Lipinski definition) is 2. The van der Waals surface area contributed by atoms with E-state index in [1.165, 1.54) is 25.7 Å². The molecule has 1 aromatic carbocycles. The maximum atomic E-state index is 9.35. The molecule has 1 fully saturated rings. The first-order valence-electron chi connectivity index (χ1n) is 6.83. The van der Waals surface area contributed by atoms with E-state index >= 15 is 0 Å². The van der Waals surface area contributed by atoms with Crippen LogP contribution in [0.2, 0.25) is 5.02 Å². The minimum atomic E-state index is 0.154. The van der Waals surface area contributed by atoms with Crippen molar-refractivity contribution in [2.45, 2.75) is 39.2 Å². The Morgan fingerprint density at radius 3 is 2.94 bits per heavy atom. The van der Waals surface area contributed by atoms with Crippen LogP contribution in [0, 0.1) is 11.8 Å². The average Bonchev–Trinajstić information content (AvgIpc) is 2.34. The summed E-state index contributed by atoms with van der Waals surface area (Å²) in [6, 6.07) is 5.40. The number of phenolic OH excluding ortho intramolecular Hbond substituents is 1. The molecule has 0 radical (unpaired) electrons. The lowest BCUT2D eigenvalue weighted by Gasteiger charge is -2.26. The van der Waals surface area contributed by atoms with Gasteiger partial charge >= 0.3 is 0 Å². The standard InChI is InChI=1S/C15H22ClNO/c1-11-3-2-4-12(7-11)9-17-10-13-5-6-15(18)14(16)8-13/h5-6,8,11-12,17-18H,2-4,7,9-10H2,1H3. The van der Waals surface area contributed by atoms with Crippen LogP contribution < -0.4 is 5.32 Å². The highest BCUT2D eigenvalue weighted by Crippen LogP contribution is 2.28. The molecule has 0 bridgehead atoms. The van der Waals surface area contributed by atoms with Crippen molar-refractivity contribution in [3.8, 4) is 5.75 Å². The number of phenols is 1. The lowest BCUT2D eigenvalue weighted by atomic mass is 9.82. The summed E-state index contributed by atoms with van der Waals surface area (Å²) in [6.45, 7) is 4.26. The zero-order chi connectivity index (χ0) is 13.0. The van der Waals surface area contributed by atoms with Gasteiger partial charge in [0, 0.05) is 6.54 Å². The molecule has 1 aliphatic carbocycles. The number of rotatable bonds is 4. The highest BCUT2D eigenvalue weighted by molar-refractivity contribution is 6.32. The Hall–Kier alpha value is -0.730. The van der Waals surface area contributed by atoms with Crippen LogP contribution in [0.15, 0.2) is 18.2 Å². The second-order valence-corrected chi connectivity index (χ2v) is 5.96. The summed E-state index contributed by atoms with van der Waals surface area (Å²) in [7, 11) is 0. The number of hydrogen-bond acceptors (Lipinski definition) is 2. The van der Waals surface area contributed by atoms with E-state index in [9.17, 15) is 5.11 Å². The fourth-order valence-electron chi connectivity index (χ4n) is 2.83. The molecule has 18 heavy (non-hydrogen) atoms. The molecule has 100 valence electrons. The smallest absolute Gasteiger partial charge is 0.134 e. The van der Waals surface area contributed by atoms with Gasteiger partial charge in [-0.1, -0.05) is 37.4 Å². The van der Waals surface area contributed by atoms with Gasteiger partial charge in [-0.25, -0.2) is 0 Å². The number of benzene rings is 1. The minimum Gasteiger partial charge on any atom is -0.506 e. The molecular formula is C15H22ClNO. The van der Waals surface area contributed by atoms with Crippen LogP contribution in [0.1, 0.15) is 38.2 Å². The lowest BCUT2D eigenvalue weighted by Crippen LogP contribution is -2.26. The van der Waals surface area contributed by atoms with Gasteiger partial charge in [-0.3, -0.25) is 0 Å². The molecule has 0 aromatic heterocycles. The Kier molecular flexibility index (Phi) is 4.90. The van der Waals surface area contributed by atoms with Crippen molar-refractivity contribution in [3.63, 3.8) is 0 Å². The van der Waals surface area contributed by atoms with Crippen LogP contribution >= 0.6 is 11.6 Å². The predicted octanol–water partition coefficient (Wildman–Crippen LogP) is 3.96. The highest BCUT2D eigenvalue weighted by atomic mass is 35.5. The minimum absolute atomic E-state index is 0.154. The molecule has 0 heterocycles. The van der Waals surface area contributed by atoms with E-state index in [4.69, 9.17) is 11.6 Å². The van der Waals surface area contributed by atoms with E-state index in [-0.39, 0.29) is 5.75 Å². The number of nitrogens with one attached hydrogen (secondary N) is 1. The fraction of sp³-hybridized carbons (Fsp3) is 0.600. The van der Waals surface area contributed by atoms with Gasteiger partial charge in [0.05, 0.1) is 5.02 Å². The molecule has 0 amide bonds. The summed E-state index contributed by atoms with van der Waals surface area (Å²) < 4.78 is 0. The van der Waals surface area contributed by atoms with Crippen molar-refractivity contribution >= 4 is 11.6 Å². The van der Waals surface area contributed by atoms with Crippen LogP contribution in [0.5, 0.6) is 5.75 Å². The van der Waals surface area contributed by atoms with Gasteiger partial charge in [0.2, 0.25) is 0 Å². The quantitative estimate of drug-likeness (QED) is 0.865. The second kappa shape index (κ2) is 6.44. The third-order valence-electron chi connectivity index (χ3n) is 3.82. The first-order valence-corrected chi connectivity index (χ1v) is 7.21. The normalized spacial score (nSPS) is 24.1. The topological polar surface area (TPSA) is 32.3 Å². The summed E-state index contributed by atoms with van der Waals surface area (Å²) >= 11 is 5.88. The first-order chi connectivity index (χ1) is 8.65. The lowest BCUT2D eigenvalue weighted by molar-refractivity contribution is 0.274. The molecule has 1 aliphatic rings. The largest absolute Gasteiger partial charge is 0.506 e. The highest BCUT2D eigenvalue weighted by Gasteiger charge is 2.18. The Labute approximate surface area is 114 Å². The SMILES string of the molecule is CC1CCCC(CNCc2ccc(O)c(Cl)c2)C1. The van der Waals surface area contributed by atoms with Gasteiger partial charge in [-0.2, -0.15) is 0 Å². The van der Waals surface area contributed by atoms with E-state index in [2.05, 4.69) is 12.2 Å². The van der Waals surface area contributed by atoms with Gasteiger partial charge in [0.15, 0.2) is 0 Å². The van der Waals surface area contributed by atoms with Gasteiger partial charge in [-0.15, -0.1) is 0 Å². The molecule has 1 aromatic rings. The molecule has 2 unspecified atom stereocenters. The molecule has 2 rings (SSSR count). The van der Waals surface area contributed by atoms with Gasteiger partial charge < -0.3 is 10.4 Å². The van der Waals surface area contributed by atoms with Crippen LogP contribution in [0.25, 0.3) is 0 Å². The summed E-state index contributed by atoms with van der Waals surface area (Å²) in [6.07, 6.45) is 5.47. The molecule has 2 atom stereocenters. The summed E-state index contributed by atoms with van der Waals surface area (Å²) in [5, 5.41) is 13.3. The number of aromatic hydroxyl groups is 1. The third kappa shape index (κ3) is 3.89. The molecule has 2 nitrogen and oxygen atoms in total. The Morgan fingerprint density at radius 1 is 1.39 bits per heavy atom. The second-order valence-electron chi connectivity index (χ2n) is 5.55.